The minimum atomic E-state index is -1.22. The van der Waals surface area contributed by atoms with E-state index < -0.39 is 6.15 Å². The van der Waals surface area contributed by atoms with Crippen LogP contribution in [0.5, 0.6) is 0 Å². The lowest BCUT2D eigenvalue weighted by atomic mass is 9.13. The third-order valence-electron chi connectivity index (χ3n) is 11.4. The van der Waals surface area contributed by atoms with E-state index in [1.54, 1.807) is 96.3 Å². The normalized spacial score (nSPS) is 18.8. The van der Waals surface area contributed by atoms with Crippen LogP contribution in [0, 0.1) is 0 Å². The molecule has 0 bridgehead atoms. The number of rotatable bonds is 7. The first-order valence-electron chi connectivity index (χ1n) is 18.1. The number of hydrogen-bond donors (Lipinski definition) is 0. The molecule has 3 aliphatic carbocycles. The molecule has 0 aliphatic heterocycles. The zero-order valence-corrected chi connectivity index (χ0v) is 28.0. The van der Waals surface area contributed by atoms with Gasteiger partial charge in [-0.15, -0.1) is 0 Å². The summed E-state index contributed by atoms with van der Waals surface area (Å²) in [6.45, 7) is 0. The van der Waals surface area contributed by atoms with Gasteiger partial charge < -0.3 is 0 Å². The van der Waals surface area contributed by atoms with Crippen LogP contribution in [0.4, 0.5) is 0 Å². The van der Waals surface area contributed by atoms with Crippen LogP contribution in [0.25, 0.3) is 0 Å². The van der Waals surface area contributed by atoms with Crippen molar-refractivity contribution in [2.45, 2.75) is 113 Å². The van der Waals surface area contributed by atoms with Crippen molar-refractivity contribution in [1.82, 2.24) is 0 Å². The fourth-order valence-electron chi connectivity index (χ4n) is 9.43. The topological polar surface area (TPSA) is 0 Å². The van der Waals surface area contributed by atoms with Crippen LogP contribution in [0.2, 0.25) is 0 Å². The third kappa shape index (κ3) is 7.26. The molecule has 0 unspecified atom stereocenters. The third-order valence-corrected chi connectivity index (χ3v) is 16.0. The van der Waals surface area contributed by atoms with E-state index in [-0.39, 0.29) is 7.92 Å². The van der Waals surface area contributed by atoms with Gasteiger partial charge in [0.25, 0.3) is 0 Å². The minimum Gasteiger partial charge on any atom is -0.195 e. The molecular formula is C42H54BP. The zero-order chi connectivity index (χ0) is 29.9. The second-order valence-corrected chi connectivity index (χ2v) is 17.5. The van der Waals surface area contributed by atoms with Gasteiger partial charge in [-0.3, -0.25) is 0 Å². The molecule has 3 saturated carbocycles. The largest absolute Gasteiger partial charge is 0.195 e. The Balaban J connectivity index is 0.000000162. The minimum absolute atomic E-state index is 0.0465. The summed E-state index contributed by atoms with van der Waals surface area (Å²) in [4.78, 5) is 0. The van der Waals surface area contributed by atoms with Gasteiger partial charge in [0.15, 0.2) is 0 Å². The molecule has 2 heteroatoms. The first kappa shape index (κ1) is 31.4. The van der Waals surface area contributed by atoms with Gasteiger partial charge >= 0.3 is 0 Å². The maximum Gasteiger partial charge on any atom is 0.108 e. The van der Waals surface area contributed by atoms with Crippen molar-refractivity contribution in [3.8, 4) is 0 Å². The Morgan fingerprint density at radius 1 is 0.318 bits per heavy atom. The molecule has 44 heavy (non-hydrogen) atoms. The predicted molar refractivity (Wildman–Crippen MR) is 199 cm³/mol. The lowest BCUT2D eigenvalue weighted by molar-refractivity contribution is 0.460. The Kier molecular flexibility index (Phi) is 11.5. The van der Waals surface area contributed by atoms with Gasteiger partial charge in [-0.1, -0.05) is 141 Å². The van der Waals surface area contributed by atoms with E-state index in [1.165, 1.54) is 38.8 Å². The fourth-order valence-corrected chi connectivity index (χ4v) is 14.7. The van der Waals surface area contributed by atoms with E-state index in [9.17, 15) is 0 Å². The van der Waals surface area contributed by atoms with Crippen LogP contribution in [0.15, 0.2) is 121 Å². The van der Waals surface area contributed by atoms with Gasteiger partial charge in [0.1, 0.15) is 6.15 Å². The van der Waals surface area contributed by atoms with Crippen molar-refractivity contribution in [1.29, 1.82) is 0 Å². The van der Waals surface area contributed by atoms with Crippen LogP contribution in [-0.4, -0.2) is 23.1 Å². The summed E-state index contributed by atoms with van der Waals surface area (Å²) in [5, 5.41) is 0. The average Bonchev–Trinajstić information content (AvgIpc) is 3.12. The van der Waals surface area contributed by atoms with Crippen molar-refractivity contribution in [3.63, 3.8) is 0 Å². The molecule has 3 fully saturated rings. The molecule has 4 aromatic carbocycles. The Morgan fingerprint density at radius 3 is 0.773 bits per heavy atom. The van der Waals surface area contributed by atoms with Crippen molar-refractivity contribution in [2.24, 2.45) is 0 Å². The Bertz CT molecular complexity index is 1130. The molecule has 3 aliphatic rings. The van der Waals surface area contributed by atoms with E-state index in [0.717, 1.165) is 0 Å². The van der Waals surface area contributed by atoms with Gasteiger partial charge in [0, 0.05) is 7.92 Å². The second-order valence-electron chi connectivity index (χ2n) is 14.0. The molecule has 0 atom stereocenters. The summed E-state index contributed by atoms with van der Waals surface area (Å²) < 4.78 is 0. The smallest absolute Gasteiger partial charge is 0.108 e. The quantitative estimate of drug-likeness (QED) is 0.147. The van der Waals surface area contributed by atoms with Crippen LogP contribution in [0.1, 0.15) is 96.3 Å². The van der Waals surface area contributed by atoms with Gasteiger partial charge in [0.2, 0.25) is 0 Å². The molecule has 0 radical (unpaired) electrons. The summed E-state index contributed by atoms with van der Waals surface area (Å²) in [7, 11) is -0.0465. The molecule has 0 heterocycles. The molecule has 0 nitrogen and oxygen atoms in total. The van der Waals surface area contributed by atoms with Crippen molar-refractivity contribution < 1.29 is 0 Å². The number of hydrogen-bond acceptors (Lipinski definition) is 0. The molecule has 0 spiro atoms. The highest BCUT2D eigenvalue weighted by atomic mass is 31.1. The van der Waals surface area contributed by atoms with Crippen molar-refractivity contribution >= 4 is 35.9 Å². The summed E-state index contributed by atoms with van der Waals surface area (Å²) >= 11 is 0. The Labute approximate surface area is 269 Å². The summed E-state index contributed by atoms with van der Waals surface area (Å²) in [6, 6.07) is 43.5. The van der Waals surface area contributed by atoms with E-state index in [2.05, 4.69) is 121 Å². The van der Waals surface area contributed by atoms with Crippen LogP contribution in [0.3, 0.4) is 0 Å². The zero-order valence-electron chi connectivity index (χ0n) is 27.0. The second kappa shape index (κ2) is 16.1. The Morgan fingerprint density at radius 2 is 0.545 bits per heavy atom. The van der Waals surface area contributed by atoms with Crippen LogP contribution < -0.4 is 21.9 Å². The van der Waals surface area contributed by atoms with Crippen LogP contribution in [-0.2, 0) is 0 Å². The highest BCUT2D eigenvalue weighted by molar-refractivity contribution is 7.60. The molecule has 4 aromatic rings. The molecule has 230 valence electrons. The molecule has 0 amide bonds. The molecule has 0 saturated heterocycles. The lowest BCUT2D eigenvalue weighted by Gasteiger charge is -2.44. The lowest BCUT2D eigenvalue weighted by Crippen LogP contribution is -2.74. The highest BCUT2D eigenvalue weighted by Crippen LogP contribution is 2.61. The predicted octanol–water partition coefficient (Wildman–Crippen LogP) is 9.26. The van der Waals surface area contributed by atoms with Crippen molar-refractivity contribution in [3.05, 3.63) is 121 Å². The number of benzene rings is 4. The Hall–Kier alpha value is -2.63. The van der Waals surface area contributed by atoms with E-state index >= 15 is 0 Å². The van der Waals surface area contributed by atoms with Gasteiger partial charge in [-0.25, -0.2) is 0 Å². The molecule has 7 rings (SSSR count). The van der Waals surface area contributed by atoms with E-state index in [4.69, 9.17) is 0 Å². The van der Waals surface area contributed by atoms with E-state index in [1.807, 2.05) is 0 Å². The SMILES string of the molecule is C1CCC([PH+](C2CCCCC2)C2CCCCC2)CC1.c1ccc([B-](c2ccccc2)(c2ccccc2)c2ccccc2)cc1. The standard InChI is InChI=1S/C24H20B.C18H33P/c1-5-13-21(14-6-1)25(22-15-7-2-8-16-22,23-17-9-3-10-18-23)24-19-11-4-12-20-24;1-4-10-16(11-5-1)19(17-12-6-2-7-13-17)18-14-8-3-9-15-18/h1-20H;16-18H,1-15H2/q-1;/p+1. The average molecular weight is 601 g/mol. The fraction of sp³-hybridized carbons (Fsp3) is 0.429. The summed E-state index contributed by atoms with van der Waals surface area (Å²) in [5.41, 5.74) is 9.04. The monoisotopic (exact) mass is 600 g/mol. The first-order chi connectivity index (χ1) is 21.9. The van der Waals surface area contributed by atoms with Crippen molar-refractivity contribution in [2.75, 3.05) is 0 Å². The molecule has 0 N–H and O–H groups in total. The summed E-state index contributed by atoms with van der Waals surface area (Å²) in [6.07, 6.45) is 22.6. The highest BCUT2D eigenvalue weighted by Gasteiger charge is 2.43. The summed E-state index contributed by atoms with van der Waals surface area (Å²) in [5.74, 6) is 0. The van der Waals surface area contributed by atoms with Gasteiger partial charge in [0.05, 0.1) is 17.0 Å². The van der Waals surface area contributed by atoms with E-state index in [0.29, 0.717) is 0 Å². The van der Waals surface area contributed by atoms with Crippen LogP contribution >= 0.6 is 7.92 Å². The molecular weight excluding hydrogens is 546 g/mol. The van der Waals surface area contributed by atoms with Gasteiger partial charge in [-0.05, 0) is 77.0 Å². The first-order valence-corrected chi connectivity index (χ1v) is 19.8. The molecule has 0 aromatic heterocycles. The maximum atomic E-state index is 2.26. The van der Waals surface area contributed by atoms with Gasteiger partial charge in [-0.2, -0.15) is 21.9 Å². The maximum absolute atomic E-state index is 2.26.